The minimum atomic E-state index is -0.243. The van der Waals surface area contributed by atoms with Gasteiger partial charge in [-0.25, -0.2) is 0 Å². The van der Waals surface area contributed by atoms with Crippen LogP contribution >= 0.6 is 0 Å². The standard InChI is InChI=1S/C11H12O3/c1-3-13-11(12)7(2)8-5-4-6-9-10(8)14-9/h4-7H,3H2,1-2H3. The van der Waals surface area contributed by atoms with Crippen LogP contribution in [0.5, 0.6) is 11.5 Å². The Morgan fingerprint density at radius 1 is 1.57 bits per heavy atom. The Balaban J connectivity index is 2.17. The Hall–Kier alpha value is -1.51. The molecule has 0 fully saturated rings. The average Bonchev–Trinajstić information content (AvgIpc) is 2.95. The highest BCUT2D eigenvalue weighted by atomic mass is 16.6. The number of fused-ring (bicyclic) bond motifs is 1. The van der Waals surface area contributed by atoms with Crippen LogP contribution in [0.25, 0.3) is 0 Å². The highest BCUT2D eigenvalue weighted by Gasteiger charge is 2.29. The molecule has 0 saturated heterocycles. The smallest absolute Gasteiger partial charge is 0.313 e. The van der Waals surface area contributed by atoms with Gasteiger partial charge >= 0.3 is 5.97 Å². The largest absolute Gasteiger partial charge is 0.466 e. The normalized spacial score (nSPS) is 13.9. The lowest BCUT2D eigenvalue weighted by atomic mass is 10.0. The highest BCUT2D eigenvalue weighted by Crippen LogP contribution is 2.50. The minimum Gasteiger partial charge on any atom is -0.466 e. The number of carbonyl (C=O) groups excluding carboxylic acids is 1. The van der Waals surface area contributed by atoms with Crippen LogP contribution in [-0.4, -0.2) is 12.6 Å². The molecule has 1 heterocycles. The van der Waals surface area contributed by atoms with E-state index < -0.39 is 0 Å². The van der Waals surface area contributed by atoms with E-state index in [1.54, 1.807) is 6.92 Å². The Kier molecular flexibility index (Phi) is 2.15. The van der Waals surface area contributed by atoms with Crippen molar-refractivity contribution >= 4 is 5.97 Å². The van der Waals surface area contributed by atoms with Gasteiger partial charge < -0.3 is 9.47 Å². The maximum Gasteiger partial charge on any atom is 0.313 e. The van der Waals surface area contributed by atoms with Gasteiger partial charge in [0.25, 0.3) is 0 Å². The van der Waals surface area contributed by atoms with Crippen molar-refractivity contribution < 1.29 is 14.3 Å². The number of carbonyl (C=O) groups is 1. The number of esters is 1. The first-order valence-corrected chi connectivity index (χ1v) is 4.71. The second-order valence-electron chi connectivity index (χ2n) is 3.25. The number of para-hydroxylation sites is 1. The van der Waals surface area contributed by atoms with Crippen molar-refractivity contribution in [3.8, 4) is 11.5 Å². The van der Waals surface area contributed by atoms with E-state index in [0.717, 1.165) is 17.1 Å². The Bertz CT molecular complexity index is 371. The summed E-state index contributed by atoms with van der Waals surface area (Å²) in [7, 11) is 0. The summed E-state index contributed by atoms with van der Waals surface area (Å²) < 4.78 is 10.2. The fraction of sp³-hybridized carbons (Fsp3) is 0.364. The molecule has 0 saturated carbocycles. The van der Waals surface area contributed by atoms with E-state index in [0.29, 0.717) is 6.61 Å². The number of hydrogen-bond acceptors (Lipinski definition) is 3. The van der Waals surface area contributed by atoms with Gasteiger partial charge in [-0.1, -0.05) is 12.1 Å². The van der Waals surface area contributed by atoms with Crippen LogP contribution in [0.4, 0.5) is 0 Å². The lowest BCUT2D eigenvalue weighted by Crippen LogP contribution is -2.12. The van der Waals surface area contributed by atoms with Crippen LogP contribution in [0.15, 0.2) is 18.2 Å². The summed E-state index contributed by atoms with van der Waals surface area (Å²) in [5.74, 6) is 1.27. The first-order chi connectivity index (χ1) is 6.74. The number of rotatable bonds is 3. The Morgan fingerprint density at radius 3 is 3.07 bits per heavy atom. The van der Waals surface area contributed by atoms with E-state index in [4.69, 9.17) is 9.47 Å². The quantitative estimate of drug-likeness (QED) is 0.554. The molecule has 74 valence electrons. The first kappa shape index (κ1) is 9.06. The fourth-order valence-electron chi connectivity index (χ4n) is 1.45. The van der Waals surface area contributed by atoms with Crippen molar-refractivity contribution in [2.24, 2.45) is 0 Å². The molecule has 0 aromatic heterocycles. The zero-order valence-corrected chi connectivity index (χ0v) is 8.24. The molecule has 1 aromatic rings. The molecule has 0 aliphatic carbocycles. The average molecular weight is 192 g/mol. The Labute approximate surface area is 82.6 Å². The highest BCUT2D eigenvalue weighted by molar-refractivity contribution is 5.80. The second-order valence-corrected chi connectivity index (χ2v) is 3.25. The van der Waals surface area contributed by atoms with Gasteiger partial charge in [0.1, 0.15) is 0 Å². The molecule has 2 rings (SSSR count). The summed E-state index contributed by atoms with van der Waals surface area (Å²) >= 11 is 0. The number of benzene rings is 1. The van der Waals surface area contributed by atoms with Gasteiger partial charge in [0, 0.05) is 5.56 Å². The predicted octanol–water partition coefficient (Wildman–Crippen LogP) is 2.46. The molecular formula is C11H12O3. The van der Waals surface area contributed by atoms with Crippen LogP contribution in [0.2, 0.25) is 0 Å². The molecule has 0 amide bonds. The third-order valence-electron chi connectivity index (χ3n) is 2.29. The van der Waals surface area contributed by atoms with E-state index in [-0.39, 0.29) is 11.9 Å². The third-order valence-corrected chi connectivity index (χ3v) is 2.29. The molecule has 0 radical (unpaired) electrons. The molecular weight excluding hydrogens is 180 g/mol. The lowest BCUT2D eigenvalue weighted by molar-refractivity contribution is -0.144. The van der Waals surface area contributed by atoms with E-state index in [2.05, 4.69) is 0 Å². The summed E-state index contributed by atoms with van der Waals surface area (Å²) in [6.45, 7) is 4.05. The number of hydrogen-bond donors (Lipinski definition) is 0. The van der Waals surface area contributed by atoms with Crippen molar-refractivity contribution in [3.05, 3.63) is 23.8 Å². The molecule has 1 aromatic carbocycles. The van der Waals surface area contributed by atoms with Gasteiger partial charge in [0.05, 0.1) is 12.5 Å². The fourth-order valence-corrected chi connectivity index (χ4v) is 1.45. The monoisotopic (exact) mass is 192 g/mol. The van der Waals surface area contributed by atoms with Gasteiger partial charge in [-0.3, -0.25) is 4.79 Å². The topological polar surface area (TPSA) is 38.8 Å². The second kappa shape index (κ2) is 3.33. The molecule has 3 nitrogen and oxygen atoms in total. The summed E-state index contributed by atoms with van der Waals surface area (Å²) in [5.41, 5.74) is 0.918. The molecule has 1 aliphatic heterocycles. The van der Waals surface area contributed by atoms with E-state index in [1.807, 2.05) is 25.1 Å². The molecule has 1 unspecified atom stereocenters. The van der Waals surface area contributed by atoms with Gasteiger partial charge in [-0.15, -0.1) is 0 Å². The van der Waals surface area contributed by atoms with Crippen molar-refractivity contribution in [3.63, 3.8) is 0 Å². The number of ether oxygens (including phenoxy) is 2. The SMILES string of the molecule is CCOC(=O)C(C)c1cccc2c1O2. The van der Waals surface area contributed by atoms with Gasteiger partial charge in [-0.05, 0) is 19.9 Å². The van der Waals surface area contributed by atoms with Crippen LogP contribution in [0.1, 0.15) is 25.3 Å². The van der Waals surface area contributed by atoms with E-state index >= 15 is 0 Å². The molecule has 0 spiro atoms. The van der Waals surface area contributed by atoms with Crippen LogP contribution < -0.4 is 4.74 Å². The van der Waals surface area contributed by atoms with Gasteiger partial charge in [0.15, 0.2) is 11.5 Å². The van der Waals surface area contributed by atoms with Crippen LogP contribution in [-0.2, 0) is 9.53 Å². The van der Waals surface area contributed by atoms with Crippen molar-refractivity contribution in [1.29, 1.82) is 0 Å². The predicted molar refractivity (Wildman–Crippen MR) is 51.6 cm³/mol. The Morgan fingerprint density at radius 2 is 2.36 bits per heavy atom. The van der Waals surface area contributed by atoms with Crippen molar-refractivity contribution in [1.82, 2.24) is 0 Å². The molecule has 3 heteroatoms. The zero-order chi connectivity index (χ0) is 10.1. The van der Waals surface area contributed by atoms with Crippen LogP contribution in [0.3, 0.4) is 0 Å². The zero-order valence-electron chi connectivity index (χ0n) is 8.24. The van der Waals surface area contributed by atoms with Gasteiger partial charge in [0.2, 0.25) is 0 Å². The summed E-state index contributed by atoms with van der Waals surface area (Å²) in [6, 6.07) is 5.67. The molecule has 0 bridgehead atoms. The summed E-state index contributed by atoms with van der Waals surface area (Å²) in [6.07, 6.45) is 0. The van der Waals surface area contributed by atoms with E-state index in [1.165, 1.54) is 0 Å². The third kappa shape index (κ3) is 1.45. The van der Waals surface area contributed by atoms with Gasteiger partial charge in [-0.2, -0.15) is 0 Å². The van der Waals surface area contributed by atoms with Crippen molar-refractivity contribution in [2.45, 2.75) is 19.8 Å². The molecule has 14 heavy (non-hydrogen) atoms. The molecule has 1 atom stereocenters. The maximum atomic E-state index is 11.4. The van der Waals surface area contributed by atoms with Crippen LogP contribution in [0, 0.1) is 0 Å². The molecule has 0 N–H and O–H groups in total. The maximum absolute atomic E-state index is 11.4. The lowest BCUT2D eigenvalue weighted by Gasteiger charge is -2.08. The molecule has 1 aliphatic rings. The first-order valence-electron chi connectivity index (χ1n) is 4.71. The summed E-state index contributed by atoms with van der Waals surface area (Å²) in [4.78, 5) is 11.4. The van der Waals surface area contributed by atoms with E-state index in [9.17, 15) is 4.79 Å². The van der Waals surface area contributed by atoms with Crippen molar-refractivity contribution in [2.75, 3.05) is 6.61 Å². The summed E-state index contributed by atoms with van der Waals surface area (Å²) in [5, 5.41) is 0. The minimum absolute atomic E-state index is 0.198.